The number of halogens is 1. The van der Waals surface area contributed by atoms with E-state index in [1.807, 2.05) is 69.7 Å². The first-order valence-corrected chi connectivity index (χ1v) is 33.7. The molecule has 8 aliphatic carbocycles. The number of nitrogens with zero attached hydrogens (tertiary/aromatic N) is 2. The molecule has 0 amide bonds. The van der Waals surface area contributed by atoms with Crippen LogP contribution >= 0.6 is 11.6 Å². The SMILES string of the molecule is CC(=O)OCC(=O)[C@@]1(O)CC[C@H]2[C@@H]3CCC4=CC(=O)CC[C@]4(C)[C@H]3[C@@H](O)C[C@@]21C.CC(=O)O[C@H]1C[C@@]2(C)[C@@H](C[C@@H](O)[C@H]3[C@@]4(C)CC[C@@H](O)[C@@H](C)[C@@H]4CC[C@@]32C)/C1=C(\CCC=C(C)C)C(=O)O.Clc1ccccc1C(c1ccccc1)(c1ccccc1)n1ccnc1. The second-order valence-corrected chi connectivity index (χ2v) is 30.1. The molecule has 0 bridgehead atoms. The highest BCUT2D eigenvalue weighted by atomic mass is 35.5. The van der Waals surface area contributed by atoms with Gasteiger partial charge in [-0.1, -0.05) is 149 Å². The molecule has 3 aromatic carbocycles. The van der Waals surface area contributed by atoms with Crippen LogP contribution in [-0.2, 0) is 39.0 Å². The van der Waals surface area contributed by atoms with Crippen molar-refractivity contribution in [3.8, 4) is 0 Å². The first-order chi connectivity index (χ1) is 43.0. The van der Waals surface area contributed by atoms with Gasteiger partial charge >= 0.3 is 17.9 Å². The van der Waals surface area contributed by atoms with Crippen LogP contribution in [-0.4, -0.2) is 101 Å². The number of aliphatic hydroxyl groups is 4. The van der Waals surface area contributed by atoms with E-state index in [1.54, 1.807) is 12.3 Å². The summed E-state index contributed by atoms with van der Waals surface area (Å²) >= 11 is 6.69. The van der Waals surface area contributed by atoms with Crippen LogP contribution in [0.15, 0.2) is 138 Å². The molecule has 1 aromatic heterocycles. The lowest BCUT2D eigenvalue weighted by molar-refractivity contribution is -0.234. The molecule has 0 spiro atoms. The number of imidazole rings is 1. The number of aliphatic hydroxyl groups excluding tert-OH is 3. The van der Waals surface area contributed by atoms with Crippen LogP contribution in [0.3, 0.4) is 0 Å². The minimum absolute atomic E-state index is 0.0413. The maximum atomic E-state index is 12.9. The Balaban J connectivity index is 0.000000153. The molecule has 17 atom stereocenters. The molecule has 490 valence electrons. The van der Waals surface area contributed by atoms with Gasteiger partial charge in [0, 0.05) is 54.2 Å². The molecule has 5 N–H and O–H groups in total. The second-order valence-electron chi connectivity index (χ2n) is 29.7. The number of esters is 2. The lowest BCUT2D eigenvalue weighted by Crippen LogP contribution is -2.65. The number of carbonyl (C=O) groups excluding carboxylic acids is 4. The standard InChI is InChI=1S/C31H48O6.C23H32O6.C22H17ClN2/c1-17(2)9-8-10-20(28(35)36)26-22-15-24(34)27-29(5)13-12-23(33)18(3)21(29)11-14-30(27,6)31(22,7)16-25(26)37-19(4)32;1-13(24)29-12-19(27)23(28)9-7-17-16-5-4-14-10-15(25)6-8-21(14,2)20(16)18(26)11-22(17,23)3;23-21-14-8-7-13-20(21)22(25-16-15-24-17-25,18-9-3-1-4-10-18)19-11-5-2-6-12-19/h9,18,21-25,27,33-34H,8,10-16H2,1-7H3,(H,35,36);10,16-18,20,26,28H,4-9,11-12H2,1-3H3;1-17H/b26-20-;;/t18-,21-,22-,23+,24+,25-,27-,29-,30-,31-;16-,17-,18-,20+,21-,22-,23-;/m00./s1. The van der Waals surface area contributed by atoms with Crippen LogP contribution in [0.5, 0.6) is 0 Å². The van der Waals surface area contributed by atoms with Crippen molar-refractivity contribution in [1.82, 2.24) is 9.55 Å². The van der Waals surface area contributed by atoms with E-state index < -0.39 is 65.2 Å². The van der Waals surface area contributed by atoms with Gasteiger partial charge in [0.25, 0.3) is 0 Å². The predicted molar refractivity (Wildman–Crippen MR) is 349 cm³/mol. The summed E-state index contributed by atoms with van der Waals surface area (Å²) in [4.78, 5) is 65.1. The summed E-state index contributed by atoms with van der Waals surface area (Å²) in [6, 6.07) is 28.8. The number of aromatic nitrogens is 2. The summed E-state index contributed by atoms with van der Waals surface area (Å²) in [5, 5.41) is 56.4. The summed E-state index contributed by atoms with van der Waals surface area (Å²) in [6.45, 7) is 19.4. The fraction of sp³-hybridized carbons (Fsp3) is 0.579. The van der Waals surface area contributed by atoms with Crippen molar-refractivity contribution < 1.29 is 59.0 Å². The molecule has 0 unspecified atom stereocenters. The number of carboxylic acids is 1. The number of hydrogen-bond acceptors (Lipinski definition) is 12. The van der Waals surface area contributed by atoms with E-state index in [0.717, 1.165) is 89.8 Å². The van der Waals surface area contributed by atoms with Gasteiger partial charge in [0.2, 0.25) is 5.78 Å². The summed E-state index contributed by atoms with van der Waals surface area (Å²) in [7, 11) is 0. The van der Waals surface area contributed by atoms with Crippen molar-refractivity contribution >= 4 is 41.1 Å². The molecular weight excluding hydrogens is 1170 g/mol. The number of carboxylic acid groups (broad SMARTS) is 1. The Bertz CT molecular complexity index is 3410. The normalized spacial score (nSPS) is 36.7. The van der Waals surface area contributed by atoms with Crippen molar-refractivity contribution in [2.24, 2.45) is 68.5 Å². The smallest absolute Gasteiger partial charge is 0.331 e. The van der Waals surface area contributed by atoms with Crippen molar-refractivity contribution in [2.45, 2.75) is 201 Å². The van der Waals surface area contributed by atoms with Crippen LogP contribution in [0.1, 0.15) is 182 Å². The molecule has 0 aliphatic heterocycles. The van der Waals surface area contributed by atoms with Crippen LogP contribution in [0.4, 0.5) is 0 Å². The zero-order valence-corrected chi connectivity index (χ0v) is 55.8. The summed E-state index contributed by atoms with van der Waals surface area (Å²) in [5.74, 6) is -1.37. The third-order valence-electron chi connectivity index (χ3n) is 25.0. The minimum atomic E-state index is -1.58. The van der Waals surface area contributed by atoms with E-state index >= 15 is 0 Å². The highest BCUT2D eigenvalue weighted by molar-refractivity contribution is 6.31. The molecule has 14 nitrogen and oxygen atoms in total. The fourth-order valence-corrected chi connectivity index (χ4v) is 21.0. The number of rotatable bonds is 12. The quantitative estimate of drug-likeness (QED) is 0.0386. The van der Waals surface area contributed by atoms with Gasteiger partial charge in [0.1, 0.15) is 17.2 Å². The molecule has 0 radical (unpaired) electrons. The molecular formula is C76H97ClN2O12. The van der Waals surface area contributed by atoms with E-state index in [0.29, 0.717) is 56.4 Å². The van der Waals surface area contributed by atoms with Gasteiger partial charge in [-0.15, -0.1) is 0 Å². The molecule has 15 heteroatoms. The van der Waals surface area contributed by atoms with Gasteiger partial charge in [-0.25, -0.2) is 9.78 Å². The first-order valence-electron chi connectivity index (χ1n) is 33.3. The van der Waals surface area contributed by atoms with Crippen LogP contribution in [0.2, 0.25) is 5.02 Å². The number of carbonyl (C=O) groups is 5. The third-order valence-corrected chi connectivity index (χ3v) is 25.4. The number of aliphatic carboxylic acids is 1. The second kappa shape index (κ2) is 26.0. The lowest BCUT2D eigenvalue weighted by atomic mass is 9.36. The fourth-order valence-electron chi connectivity index (χ4n) is 20.7. The number of Topliss-reactive ketones (excluding diaryl/α,β-unsaturated/α-hetero) is 1. The van der Waals surface area contributed by atoms with Gasteiger partial charge in [0.05, 0.1) is 24.6 Å². The van der Waals surface area contributed by atoms with Gasteiger partial charge in [-0.2, -0.15) is 0 Å². The maximum absolute atomic E-state index is 12.9. The van der Waals surface area contributed by atoms with Crippen molar-refractivity contribution in [3.63, 3.8) is 0 Å². The van der Waals surface area contributed by atoms with Gasteiger partial charge < -0.3 is 39.6 Å². The van der Waals surface area contributed by atoms with E-state index in [9.17, 15) is 49.5 Å². The Labute approximate surface area is 543 Å². The number of benzene rings is 3. The molecule has 4 aromatic rings. The number of allylic oxidation sites excluding steroid dienone is 3. The number of fused-ring (bicyclic) bond motifs is 10. The number of ether oxygens (including phenoxy) is 2. The molecule has 1 heterocycles. The highest BCUT2D eigenvalue weighted by Gasteiger charge is 2.72. The Morgan fingerprint density at radius 3 is 2.00 bits per heavy atom. The predicted octanol–water partition coefficient (Wildman–Crippen LogP) is 13.4. The van der Waals surface area contributed by atoms with Crippen molar-refractivity contribution in [2.75, 3.05) is 6.61 Å². The highest BCUT2D eigenvalue weighted by Crippen LogP contribution is 2.75. The van der Waals surface area contributed by atoms with Crippen LogP contribution in [0, 0.1) is 68.5 Å². The van der Waals surface area contributed by atoms with Crippen LogP contribution in [0.25, 0.3) is 0 Å². The third kappa shape index (κ3) is 11.7. The molecule has 8 aliphatic rings. The average molecular weight is 1270 g/mol. The van der Waals surface area contributed by atoms with Crippen molar-refractivity contribution in [1.29, 1.82) is 0 Å². The van der Waals surface area contributed by atoms with Crippen LogP contribution < -0.4 is 0 Å². The average Bonchev–Trinajstić information content (AvgIpc) is 1.66. The summed E-state index contributed by atoms with van der Waals surface area (Å²) < 4.78 is 12.9. The van der Waals surface area contributed by atoms with Crippen molar-refractivity contribution in [3.05, 3.63) is 160 Å². The maximum Gasteiger partial charge on any atom is 0.331 e. The summed E-state index contributed by atoms with van der Waals surface area (Å²) in [5.41, 5.74) is 2.91. The Kier molecular flexibility index (Phi) is 19.4. The molecule has 7 fully saturated rings. The first kappa shape index (κ1) is 67.8. The van der Waals surface area contributed by atoms with Gasteiger partial charge in [-0.05, 0) is 196 Å². The monoisotopic (exact) mass is 1260 g/mol. The zero-order chi connectivity index (χ0) is 65.8. The van der Waals surface area contributed by atoms with E-state index in [-0.39, 0.29) is 69.1 Å². The molecule has 0 saturated heterocycles. The Morgan fingerprint density at radius 2 is 1.40 bits per heavy atom. The Morgan fingerprint density at radius 1 is 0.747 bits per heavy atom. The lowest BCUT2D eigenvalue weighted by Gasteiger charge is -2.69. The Hall–Kier alpha value is -6.03. The van der Waals surface area contributed by atoms with E-state index in [4.69, 9.17) is 21.1 Å². The van der Waals surface area contributed by atoms with Gasteiger partial charge in [-0.3, -0.25) is 19.2 Å². The molecule has 7 saturated carbocycles. The largest absolute Gasteiger partial charge is 0.478 e. The summed E-state index contributed by atoms with van der Waals surface area (Å²) in [6.07, 6.45) is 17.4. The zero-order valence-electron chi connectivity index (χ0n) is 55.0. The van der Waals surface area contributed by atoms with Gasteiger partial charge in [0.15, 0.2) is 12.4 Å². The minimum Gasteiger partial charge on any atom is -0.478 e. The molecule has 91 heavy (non-hydrogen) atoms. The van der Waals surface area contributed by atoms with E-state index in [1.165, 1.54) is 13.8 Å². The molecule has 12 rings (SSSR count). The number of ketones is 2. The topological polar surface area (TPSA) is 223 Å². The number of hydrogen-bond donors (Lipinski definition) is 5. The van der Waals surface area contributed by atoms with E-state index in [2.05, 4.69) is 98.8 Å².